The molecule has 18 heavy (non-hydrogen) atoms. The van der Waals surface area contributed by atoms with Gasteiger partial charge in [0, 0.05) is 6.20 Å². The van der Waals surface area contributed by atoms with Gasteiger partial charge in [0.2, 0.25) is 5.13 Å². The van der Waals surface area contributed by atoms with Gasteiger partial charge in [-0.2, -0.15) is 5.10 Å². The number of H-pyrrole nitrogens is 1. The van der Waals surface area contributed by atoms with Crippen LogP contribution in [0.15, 0.2) is 47.7 Å². The lowest BCUT2D eigenvalue weighted by Gasteiger charge is -1.97. The summed E-state index contributed by atoms with van der Waals surface area (Å²) in [7, 11) is 0. The van der Waals surface area contributed by atoms with Gasteiger partial charge >= 0.3 is 0 Å². The second-order valence-electron chi connectivity index (χ2n) is 3.88. The van der Waals surface area contributed by atoms with Crippen molar-refractivity contribution in [1.82, 2.24) is 9.97 Å². The molecule has 0 spiro atoms. The van der Waals surface area contributed by atoms with E-state index in [0.29, 0.717) is 0 Å². The minimum absolute atomic E-state index is 0.808. The Hall–Kier alpha value is -2.14. The molecule has 1 aromatic carbocycles. The van der Waals surface area contributed by atoms with Crippen LogP contribution in [0.1, 0.15) is 12.6 Å². The lowest BCUT2D eigenvalue weighted by Crippen LogP contribution is -1.99. The third kappa shape index (κ3) is 2.12. The van der Waals surface area contributed by atoms with Crippen LogP contribution in [0.3, 0.4) is 0 Å². The summed E-state index contributed by atoms with van der Waals surface area (Å²) in [6.45, 7) is 1.95. The van der Waals surface area contributed by atoms with Gasteiger partial charge in [-0.1, -0.05) is 23.5 Å². The van der Waals surface area contributed by atoms with E-state index in [2.05, 4.69) is 26.6 Å². The quantitative estimate of drug-likeness (QED) is 0.557. The van der Waals surface area contributed by atoms with E-state index in [9.17, 15) is 0 Å². The molecule has 0 amide bonds. The third-order valence-electron chi connectivity index (χ3n) is 2.60. The Morgan fingerprint density at radius 2 is 2.17 bits per heavy atom. The summed E-state index contributed by atoms with van der Waals surface area (Å²) in [6, 6.07) is 12.0. The van der Waals surface area contributed by atoms with Crippen molar-refractivity contribution < 1.29 is 0 Å². The number of thiazole rings is 1. The minimum Gasteiger partial charge on any atom is -0.360 e. The molecule has 0 bridgehead atoms. The van der Waals surface area contributed by atoms with Crippen LogP contribution >= 0.6 is 11.3 Å². The molecule has 0 aliphatic heterocycles. The Kier molecular flexibility index (Phi) is 2.82. The van der Waals surface area contributed by atoms with Crippen molar-refractivity contribution in [3.05, 3.63) is 48.3 Å². The number of rotatable bonds is 3. The second-order valence-corrected chi connectivity index (χ2v) is 4.91. The highest BCUT2D eigenvalue weighted by atomic mass is 32.1. The van der Waals surface area contributed by atoms with Crippen molar-refractivity contribution in [3.8, 4) is 0 Å². The second kappa shape index (κ2) is 4.62. The summed E-state index contributed by atoms with van der Waals surface area (Å²) >= 11 is 1.60. The van der Waals surface area contributed by atoms with Crippen LogP contribution in [0.4, 0.5) is 5.13 Å². The van der Waals surface area contributed by atoms with E-state index in [1.165, 1.54) is 0 Å². The first-order valence-corrected chi connectivity index (χ1v) is 6.44. The highest BCUT2D eigenvalue weighted by Gasteiger charge is 2.02. The molecule has 0 radical (unpaired) electrons. The molecule has 2 heterocycles. The van der Waals surface area contributed by atoms with E-state index < -0.39 is 0 Å². The van der Waals surface area contributed by atoms with Crippen LogP contribution in [-0.2, 0) is 0 Å². The molecule has 5 heteroatoms. The molecule has 4 nitrogen and oxygen atoms in total. The van der Waals surface area contributed by atoms with Gasteiger partial charge in [0.25, 0.3) is 0 Å². The van der Waals surface area contributed by atoms with E-state index >= 15 is 0 Å². The van der Waals surface area contributed by atoms with Gasteiger partial charge in [-0.3, -0.25) is 5.43 Å². The predicted octanol–water partition coefficient (Wildman–Crippen LogP) is 3.46. The van der Waals surface area contributed by atoms with Gasteiger partial charge in [0.15, 0.2) is 0 Å². The Morgan fingerprint density at radius 1 is 1.28 bits per heavy atom. The highest BCUT2D eigenvalue weighted by molar-refractivity contribution is 7.22. The Bertz CT molecular complexity index is 649. The maximum Gasteiger partial charge on any atom is 0.204 e. The topological polar surface area (TPSA) is 53.1 Å². The number of nitrogens with zero attached hydrogens (tertiary/aromatic N) is 2. The molecule has 3 rings (SSSR count). The monoisotopic (exact) mass is 256 g/mol. The first kappa shape index (κ1) is 11.0. The smallest absolute Gasteiger partial charge is 0.204 e. The standard InChI is InChI=1S/C13H12N4S/c1-9(10-6-4-8-14-10)16-17-13-15-11-5-2-3-7-12(11)18-13/h2-8,14H,1H3,(H,15,17)/b16-9+. The number of para-hydroxylation sites is 1. The average Bonchev–Trinajstić information content (AvgIpc) is 3.04. The number of hydrogen-bond acceptors (Lipinski definition) is 4. The van der Waals surface area contributed by atoms with Crippen molar-refractivity contribution >= 4 is 32.4 Å². The molecular weight excluding hydrogens is 244 g/mol. The molecule has 0 saturated carbocycles. The number of anilines is 1. The summed E-state index contributed by atoms with van der Waals surface area (Å²) < 4.78 is 1.16. The van der Waals surface area contributed by atoms with Crippen LogP contribution < -0.4 is 5.43 Å². The Balaban J connectivity index is 1.82. The third-order valence-corrected chi connectivity index (χ3v) is 3.54. The van der Waals surface area contributed by atoms with E-state index in [1.807, 2.05) is 43.5 Å². The maximum absolute atomic E-state index is 4.46. The number of aromatic amines is 1. The first-order valence-electron chi connectivity index (χ1n) is 5.62. The van der Waals surface area contributed by atoms with Gasteiger partial charge in [0.05, 0.1) is 21.6 Å². The number of nitrogens with one attached hydrogen (secondary N) is 2. The van der Waals surface area contributed by atoms with E-state index in [0.717, 1.165) is 26.8 Å². The molecule has 0 aliphatic rings. The fraction of sp³-hybridized carbons (Fsp3) is 0.0769. The van der Waals surface area contributed by atoms with Crippen LogP contribution in [0.2, 0.25) is 0 Å². The van der Waals surface area contributed by atoms with Gasteiger partial charge in [-0.05, 0) is 31.2 Å². The Labute approximate surface area is 108 Å². The van der Waals surface area contributed by atoms with Crippen LogP contribution in [-0.4, -0.2) is 15.7 Å². The van der Waals surface area contributed by atoms with E-state index in [4.69, 9.17) is 0 Å². The van der Waals surface area contributed by atoms with Gasteiger partial charge in [-0.15, -0.1) is 0 Å². The molecule has 0 unspecified atom stereocenters. The number of hydrazone groups is 1. The van der Waals surface area contributed by atoms with Crippen LogP contribution in [0.5, 0.6) is 0 Å². The minimum atomic E-state index is 0.808. The molecule has 90 valence electrons. The molecular formula is C13H12N4S. The molecule has 2 aromatic heterocycles. The lowest BCUT2D eigenvalue weighted by atomic mass is 10.3. The van der Waals surface area contributed by atoms with Crippen molar-refractivity contribution in [1.29, 1.82) is 0 Å². The number of benzene rings is 1. The summed E-state index contributed by atoms with van der Waals surface area (Å²) in [6.07, 6.45) is 1.88. The van der Waals surface area contributed by atoms with Crippen LogP contribution in [0, 0.1) is 0 Å². The summed E-state index contributed by atoms with van der Waals surface area (Å²) in [5.74, 6) is 0. The highest BCUT2D eigenvalue weighted by Crippen LogP contribution is 2.25. The normalized spacial score (nSPS) is 11.9. The van der Waals surface area contributed by atoms with Crippen LogP contribution in [0.25, 0.3) is 10.2 Å². The molecule has 0 aliphatic carbocycles. The number of hydrogen-bond donors (Lipinski definition) is 2. The van der Waals surface area contributed by atoms with Crippen molar-refractivity contribution in [3.63, 3.8) is 0 Å². The van der Waals surface area contributed by atoms with Crippen molar-refractivity contribution in [2.24, 2.45) is 5.10 Å². The lowest BCUT2D eigenvalue weighted by molar-refractivity contribution is 1.27. The van der Waals surface area contributed by atoms with Gasteiger partial charge in [0.1, 0.15) is 0 Å². The summed E-state index contributed by atoms with van der Waals surface area (Å²) in [4.78, 5) is 7.57. The fourth-order valence-corrected chi connectivity index (χ4v) is 2.48. The van der Waals surface area contributed by atoms with Gasteiger partial charge < -0.3 is 4.98 Å². The Morgan fingerprint density at radius 3 is 2.94 bits per heavy atom. The fourth-order valence-electron chi connectivity index (χ4n) is 1.67. The van der Waals surface area contributed by atoms with E-state index in [-0.39, 0.29) is 0 Å². The zero-order valence-corrected chi connectivity index (χ0v) is 10.7. The molecule has 0 atom stereocenters. The summed E-state index contributed by atoms with van der Waals surface area (Å²) in [5, 5.41) is 5.12. The number of aromatic nitrogens is 2. The molecule has 0 fully saturated rings. The zero-order valence-electron chi connectivity index (χ0n) is 9.84. The zero-order chi connectivity index (χ0) is 12.4. The molecule has 3 aromatic rings. The first-order chi connectivity index (χ1) is 8.83. The van der Waals surface area contributed by atoms with Crippen molar-refractivity contribution in [2.45, 2.75) is 6.92 Å². The largest absolute Gasteiger partial charge is 0.360 e. The van der Waals surface area contributed by atoms with Gasteiger partial charge in [-0.25, -0.2) is 4.98 Å². The van der Waals surface area contributed by atoms with E-state index in [1.54, 1.807) is 11.3 Å². The predicted molar refractivity (Wildman–Crippen MR) is 76.2 cm³/mol. The number of fused-ring (bicyclic) bond motifs is 1. The SMILES string of the molecule is C/C(=N\Nc1nc2ccccc2s1)c1ccc[nH]1. The summed E-state index contributed by atoms with van der Waals surface area (Å²) in [5.41, 5.74) is 5.90. The maximum atomic E-state index is 4.46. The molecule has 0 saturated heterocycles. The van der Waals surface area contributed by atoms with Crippen molar-refractivity contribution in [2.75, 3.05) is 5.43 Å². The average molecular weight is 256 g/mol. The molecule has 2 N–H and O–H groups in total.